The minimum absolute atomic E-state index is 0.0104. The lowest BCUT2D eigenvalue weighted by atomic mass is 9.89. The number of carbonyl (C=O) groups is 2. The summed E-state index contributed by atoms with van der Waals surface area (Å²) in [4.78, 5) is 28.6. The molecule has 0 bridgehead atoms. The van der Waals surface area contributed by atoms with Gasteiger partial charge in [-0.05, 0) is 94.3 Å². The first-order valence-corrected chi connectivity index (χ1v) is 16.8. The Balaban J connectivity index is 1.48. The van der Waals surface area contributed by atoms with Crippen LogP contribution in [0.5, 0.6) is 5.75 Å². The van der Waals surface area contributed by atoms with Crippen molar-refractivity contribution in [2.24, 2.45) is 0 Å². The van der Waals surface area contributed by atoms with Crippen LogP contribution in [0.25, 0.3) is 21.2 Å². The largest absolute Gasteiger partial charge is 0.496 e. The van der Waals surface area contributed by atoms with Gasteiger partial charge in [-0.3, -0.25) is 4.79 Å². The Morgan fingerprint density at radius 3 is 2.26 bits per heavy atom. The molecule has 2 amide bonds. The average molecular weight is 685 g/mol. The maximum absolute atomic E-state index is 14.8. The summed E-state index contributed by atoms with van der Waals surface area (Å²) in [5, 5.41) is 12.7. The molecule has 2 N–H and O–H groups in total. The number of fused-ring (bicyclic) bond motifs is 1. The zero-order valence-corrected chi connectivity index (χ0v) is 28.6. The second-order valence-corrected chi connectivity index (χ2v) is 14.3. The Labute approximate surface area is 282 Å². The molecule has 4 aromatic rings. The van der Waals surface area contributed by atoms with Crippen molar-refractivity contribution in [3.8, 4) is 16.9 Å². The molecule has 1 aromatic heterocycles. The van der Waals surface area contributed by atoms with Gasteiger partial charge in [0.15, 0.2) is 0 Å². The van der Waals surface area contributed by atoms with Crippen LogP contribution in [0.15, 0.2) is 54.6 Å². The third kappa shape index (κ3) is 7.88. The van der Waals surface area contributed by atoms with Crippen molar-refractivity contribution in [1.82, 2.24) is 10.2 Å². The van der Waals surface area contributed by atoms with Crippen molar-refractivity contribution in [2.75, 3.05) is 7.11 Å². The number of halogens is 3. The number of methoxy groups -OCH3 is 1. The number of carbonyl (C=O) groups excluding carboxylic acids is 2. The van der Waals surface area contributed by atoms with Gasteiger partial charge in [0.1, 0.15) is 27.9 Å². The van der Waals surface area contributed by atoms with Crippen LogP contribution in [-0.2, 0) is 11.3 Å². The zero-order chi connectivity index (χ0) is 34.0. The summed E-state index contributed by atoms with van der Waals surface area (Å²) in [6.07, 6.45) is 1.26. The number of rotatable bonds is 8. The highest BCUT2D eigenvalue weighted by molar-refractivity contribution is 7.21. The highest BCUT2D eigenvalue weighted by atomic mass is 35.5. The maximum Gasteiger partial charge on any atom is 0.407 e. The van der Waals surface area contributed by atoms with E-state index in [0.717, 1.165) is 45.7 Å². The molecule has 5 rings (SSSR count). The SMILES string of the molecule is COc1ccc(-c2ccc(C(C)O)cc2)cc1CN(C(=O)c1sc2c(F)ccc(F)c2c1Cl)C1CCC(NC(=O)OC(C)(C)C)CC1. The third-order valence-corrected chi connectivity index (χ3v) is 10.0. The number of benzene rings is 3. The van der Waals surface area contributed by atoms with Crippen LogP contribution >= 0.6 is 22.9 Å². The highest BCUT2D eigenvalue weighted by Gasteiger charge is 2.34. The van der Waals surface area contributed by atoms with Gasteiger partial charge in [0, 0.05) is 24.2 Å². The fourth-order valence-corrected chi connectivity index (χ4v) is 7.46. The van der Waals surface area contributed by atoms with Crippen molar-refractivity contribution in [2.45, 2.75) is 83.7 Å². The monoisotopic (exact) mass is 684 g/mol. The summed E-state index contributed by atoms with van der Waals surface area (Å²) in [7, 11) is 1.56. The lowest BCUT2D eigenvalue weighted by molar-refractivity contribution is 0.0453. The number of nitrogens with one attached hydrogen (secondary N) is 1. The molecule has 0 saturated heterocycles. The standard InChI is InChI=1S/C36H39ClF2N2O5S/c1-20(42)21-6-8-22(9-7-21)23-10-17-29(45-5)24(18-23)19-41(26-13-11-25(12-14-26)40-35(44)46-36(2,3)4)34(43)33-31(37)30-27(38)15-16-28(39)32(30)47-33/h6-10,15-18,20,25-26,42H,11-14,19H2,1-5H3,(H,40,44). The fraction of sp³-hybridized carbons (Fsp3) is 0.389. The second kappa shape index (κ2) is 14.2. The number of hydrogen-bond donors (Lipinski definition) is 2. The van der Waals surface area contributed by atoms with E-state index in [1.807, 2.05) is 42.5 Å². The van der Waals surface area contributed by atoms with Gasteiger partial charge in [-0.2, -0.15) is 0 Å². The molecule has 1 atom stereocenters. The molecule has 1 aliphatic rings. The number of thiophene rings is 1. The van der Waals surface area contributed by atoms with E-state index in [0.29, 0.717) is 31.4 Å². The molecule has 1 saturated carbocycles. The smallest absolute Gasteiger partial charge is 0.407 e. The minimum atomic E-state index is -0.696. The van der Waals surface area contributed by atoms with Gasteiger partial charge in [0.25, 0.3) is 5.91 Å². The number of nitrogens with zero attached hydrogens (tertiary/aromatic N) is 1. The summed E-state index contributed by atoms with van der Waals surface area (Å²) >= 11 is 7.44. The van der Waals surface area contributed by atoms with E-state index < -0.39 is 35.3 Å². The quantitative estimate of drug-likeness (QED) is 0.193. The number of aliphatic hydroxyl groups is 1. The number of hydrogen-bond acceptors (Lipinski definition) is 6. The van der Waals surface area contributed by atoms with Crippen LogP contribution in [0.3, 0.4) is 0 Å². The van der Waals surface area contributed by atoms with Crippen molar-refractivity contribution in [3.05, 3.63) is 87.3 Å². The zero-order valence-electron chi connectivity index (χ0n) is 27.0. The van der Waals surface area contributed by atoms with Gasteiger partial charge in [0.2, 0.25) is 0 Å². The molecule has 47 heavy (non-hydrogen) atoms. The van der Waals surface area contributed by atoms with Crippen LogP contribution in [-0.4, -0.2) is 46.8 Å². The molecule has 11 heteroatoms. The molecular formula is C36H39ClF2N2O5S. The Morgan fingerprint density at radius 1 is 1.02 bits per heavy atom. The van der Waals surface area contributed by atoms with Crippen LogP contribution in [0, 0.1) is 11.6 Å². The normalized spacial score (nSPS) is 17.3. The minimum Gasteiger partial charge on any atom is -0.496 e. The van der Waals surface area contributed by atoms with Gasteiger partial charge in [0.05, 0.1) is 28.3 Å². The van der Waals surface area contributed by atoms with E-state index in [-0.39, 0.29) is 38.6 Å². The Hall–Kier alpha value is -3.73. The first kappa shape index (κ1) is 34.6. The number of alkyl carbamates (subject to hydrolysis) is 1. The number of aliphatic hydroxyl groups excluding tert-OH is 1. The first-order chi connectivity index (χ1) is 22.3. The van der Waals surface area contributed by atoms with E-state index in [9.17, 15) is 23.5 Å². The summed E-state index contributed by atoms with van der Waals surface area (Å²) in [6, 6.07) is 15.0. The van der Waals surface area contributed by atoms with Crippen LogP contribution < -0.4 is 10.1 Å². The lowest BCUT2D eigenvalue weighted by Gasteiger charge is -2.37. The molecule has 0 spiro atoms. The Bertz CT molecular complexity index is 1760. The molecular weight excluding hydrogens is 646 g/mol. The Morgan fingerprint density at radius 2 is 1.66 bits per heavy atom. The molecule has 7 nitrogen and oxygen atoms in total. The lowest BCUT2D eigenvalue weighted by Crippen LogP contribution is -2.46. The predicted octanol–water partition coefficient (Wildman–Crippen LogP) is 9.04. The molecule has 0 aliphatic heterocycles. The van der Waals surface area contributed by atoms with E-state index >= 15 is 0 Å². The molecule has 250 valence electrons. The molecule has 1 aliphatic carbocycles. The van der Waals surface area contributed by atoms with Crippen LogP contribution in [0.2, 0.25) is 5.02 Å². The summed E-state index contributed by atoms with van der Waals surface area (Å²) in [5.41, 5.74) is 2.72. The molecule has 1 fully saturated rings. The average Bonchev–Trinajstić information content (AvgIpc) is 3.39. The van der Waals surface area contributed by atoms with E-state index in [1.54, 1.807) is 39.7 Å². The highest BCUT2D eigenvalue weighted by Crippen LogP contribution is 2.41. The van der Waals surface area contributed by atoms with Gasteiger partial charge in [-0.15, -0.1) is 11.3 Å². The third-order valence-electron chi connectivity index (χ3n) is 8.34. The molecule has 0 radical (unpaired) electrons. The Kier molecular flexibility index (Phi) is 10.4. The summed E-state index contributed by atoms with van der Waals surface area (Å²) in [5.74, 6) is -1.21. The predicted molar refractivity (Wildman–Crippen MR) is 181 cm³/mol. The number of amides is 2. The van der Waals surface area contributed by atoms with Gasteiger partial charge >= 0.3 is 6.09 Å². The second-order valence-electron chi connectivity index (χ2n) is 12.9. The molecule has 1 heterocycles. The van der Waals surface area contributed by atoms with Crippen molar-refractivity contribution < 1.29 is 33.0 Å². The van der Waals surface area contributed by atoms with Crippen molar-refractivity contribution in [1.29, 1.82) is 0 Å². The van der Waals surface area contributed by atoms with E-state index in [2.05, 4.69) is 5.32 Å². The summed E-state index contributed by atoms with van der Waals surface area (Å²) in [6.45, 7) is 7.26. The van der Waals surface area contributed by atoms with E-state index in [1.165, 1.54) is 0 Å². The maximum atomic E-state index is 14.8. The number of ether oxygens (including phenoxy) is 2. The first-order valence-electron chi connectivity index (χ1n) is 15.6. The van der Waals surface area contributed by atoms with E-state index in [4.69, 9.17) is 21.1 Å². The topological polar surface area (TPSA) is 88.1 Å². The summed E-state index contributed by atoms with van der Waals surface area (Å²) < 4.78 is 40.6. The van der Waals surface area contributed by atoms with Gasteiger partial charge in [-0.25, -0.2) is 13.6 Å². The van der Waals surface area contributed by atoms with Crippen molar-refractivity contribution in [3.63, 3.8) is 0 Å². The van der Waals surface area contributed by atoms with Crippen LogP contribution in [0.4, 0.5) is 13.6 Å². The molecule has 1 unspecified atom stereocenters. The van der Waals surface area contributed by atoms with Gasteiger partial charge < -0.3 is 24.8 Å². The van der Waals surface area contributed by atoms with Crippen LogP contribution in [0.1, 0.15) is 80.3 Å². The van der Waals surface area contributed by atoms with Gasteiger partial charge in [-0.1, -0.05) is 41.9 Å². The fourth-order valence-electron chi connectivity index (χ4n) is 5.96. The van der Waals surface area contributed by atoms with Crippen molar-refractivity contribution >= 4 is 45.0 Å². The molecule has 3 aromatic carbocycles.